The van der Waals surface area contributed by atoms with Gasteiger partial charge in [-0.05, 0) is 48.8 Å². The molecule has 0 heterocycles. The highest BCUT2D eigenvalue weighted by Crippen LogP contribution is 2.23. The largest absolute Gasteiger partial charge is 0.393 e. The predicted octanol–water partition coefficient (Wildman–Crippen LogP) is 2.88. The van der Waals surface area contributed by atoms with Crippen LogP contribution in [0.15, 0.2) is 18.2 Å². The van der Waals surface area contributed by atoms with E-state index in [2.05, 4.69) is 25.1 Å². The van der Waals surface area contributed by atoms with E-state index in [1.54, 1.807) is 0 Å². The molecule has 1 unspecified atom stereocenters. The van der Waals surface area contributed by atoms with E-state index in [0.29, 0.717) is 0 Å². The van der Waals surface area contributed by atoms with Crippen LogP contribution in [0, 0.1) is 0 Å². The molecule has 1 aromatic carbocycles. The number of fused-ring (bicyclic) bond motifs is 1. The average molecular weight is 204 g/mol. The molecule has 1 aliphatic carbocycles. The second-order valence-electron chi connectivity index (χ2n) is 4.60. The van der Waals surface area contributed by atoms with Crippen LogP contribution in [0.5, 0.6) is 0 Å². The zero-order chi connectivity index (χ0) is 10.7. The Morgan fingerprint density at radius 2 is 2.07 bits per heavy atom. The van der Waals surface area contributed by atoms with E-state index in [0.717, 1.165) is 19.3 Å². The molecule has 0 aromatic heterocycles. The number of hydrogen-bond acceptors (Lipinski definition) is 1. The number of aliphatic hydroxyl groups is 1. The van der Waals surface area contributed by atoms with Crippen molar-refractivity contribution >= 4 is 0 Å². The monoisotopic (exact) mass is 204 g/mol. The molecule has 1 nitrogen and oxygen atoms in total. The number of benzene rings is 1. The zero-order valence-corrected chi connectivity index (χ0v) is 9.50. The predicted molar refractivity (Wildman–Crippen MR) is 63.1 cm³/mol. The first-order chi connectivity index (χ1) is 7.29. The highest BCUT2D eigenvalue weighted by molar-refractivity contribution is 5.35. The van der Waals surface area contributed by atoms with Crippen LogP contribution in [0.3, 0.4) is 0 Å². The van der Waals surface area contributed by atoms with Gasteiger partial charge in [-0.2, -0.15) is 0 Å². The van der Waals surface area contributed by atoms with Gasteiger partial charge in [0.15, 0.2) is 0 Å². The van der Waals surface area contributed by atoms with Gasteiger partial charge >= 0.3 is 0 Å². The fourth-order valence-corrected chi connectivity index (χ4v) is 2.46. The Hall–Kier alpha value is -0.820. The number of rotatable bonds is 4. The van der Waals surface area contributed by atoms with Gasteiger partial charge in [0.25, 0.3) is 0 Å². The van der Waals surface area contributed by atoms with Gasteiger partial charge in [-0.1, -0.05) is 31.5 Å². The molecule has 0 bridgehead atoms. The lowest BCUT2D eigenvalue weighted by Crippen LogP contribution is -2.09. The first kappa shape index (κ1) is 10.7. The molecule has 1 aromatic rings. The molecular weight excluding hydrogens is 184 g/mol. The Kier molecular flexibility index (Phi) is 3.42. The van der Waals surface area contributed by atoms with E-state index in [-0.39, 0.29) is 6.10 Å². The quantitative estimate of drug-likeness (QED) is 0.799. The summed E-state index contributed by atoms with van der Waals surface area (Å²) < 4.78 is 0. The summed E-state index contributed by atoms with van der Waals surface area (Å²) in [7, 11) is 0. The van der Waals surface area contributed by atoms with Crippen molar-refractivity contribution < 1.29 is 5.11 Å². The molecule has 15 heavy (non-hydrogen) atoms. The van der Waals surface area contributed by atoms with Crippen molar-refractivity contribution in [1.29, 1.82) is 0 Å². The maximum absolute atomic E-state index is 9.75. The van der Waals surface area contributed by atoms with Crippen molar-refractivity contribution in [2.75, 3.05) is 0 Å². The van der Waals surface area contributed by atoms with Gasteiger partial charge in [0.2, 0.25) is 0 Å². The summed E-state index contributed by atoms with van der Waals surface area (Å²) >= 11 is 0. The van der Waals surface area contributed by atoms with E-state index in [4.69, 9.17) is 0 Å². The van der Waals surface area contributed by atoms with Crippen molar-refractivity contribution in [1.82, 2.24) is 0 Å². The molecule has 0 aliphatic heterocycles. The number of hydrogen-bond donors (Lipinski definition) is 1. The Bertz CT molecular complexity index is 330. The second kappa shape index (κ2) is 4.80. The topological polar surface area (TPSA) is 20.2 Å². The van der Waals surface area contributed by atoms with Crippen LogP contribution in [0.4, 0.5) is 0 Å². The summed E-state index contributed by atoms with van der Waals surface area (Å²) in [5.41, 5.74) is 4.33. The smallest absolute Gasteiger partial charge is 0.0580 e. The molecule has 0 saturated heterocycles. The Balaban J connectivity index is 2.03. The van der Waals surface area contributed by atoms with Crippen LogP contribution >= 0.6 is 0 Å². The SMILES string of the molecule is CCCC(O)Cc1ccc2c(c1)CCC2. The third-order valence-corrected chi connectivity index (χ3v) is 3.26. The van der Waals surface area contributed by atoms with Gasteiger partial charge in [0.05, 0.1) is 6.10 Å². The van der Waals surface area contributed by atoms with Crippen LogP contribution in [-0.4, -0.2) is 11.2 Å². The summed E-state index contributed by atoms with van der Waals surface area (Å²) in [5, 5.41) is 9.75. The van der Waals surface area contributed by atoms with Crippen LogP contribution in [0.25, 0.3) is 0 Å². The first-order valence-corrected chi connectivity index (χ1v) is 6.08. The minimum absolute atomic E-state index is 0.158. The fourth-order valence-electron chi connectivity index (χ4n) is 2.46. The molecule has 82 valence electrons. The summed E-state index contributed by atoms with van der Waals surface area (Å²) in [4.78, 5) is 0. The molecule has 1 N–H and O–H groups in total. The van der Waals surface area contributed by atoms with Gasteiger partial charge in [-0.25, -0.2) is 0 Å². The van der Waals surface area contributed by atoms with E-state index < -0.39 is 0 Å². The molecule has 1 heteroatoms. The van der Waals surface area contributed by atoms with Crippen molar-refractivity contribution in [3.63, 3.8) is 0 Å². The first-order valence-electron chi connectivity index (χ1n) is 6.08. The summed E-state index contributed by atoms with van der Waals surface area (Å²) in [5.74, 6) is 0. The van der Waals surface area contributed by atoms with Gasteiger partial charge < -0.3 is 5.11 Å². The minimum Gasteiger partial charge on any atom is -0.393 e. The molecule has 2 rings (SSSR count). The highest BCUT2D eigenvalue weighted by atomic mass is 16.3. The van der Waals surface area contributed by atoms with Crippen molar-refractivity contribution in [2.45, 2.75) is 51.6 Å². The van der Waals surface area contributed by atoms with Crippen molar-refractivity contribution in [2.24, 2.45) is 0 Å². The van der Waals surface area contributed by atoms with Crippen LogP contribution in [-0.2, 0) is 19.3 Å². The zero-order valence-electron chi connectivity index (χ0n) is 9.50. The molecule has 0 amide bonds. The van der Waals surface area contributed by atoms with Crippen LogP contribution in [0.1, 0.15) is 42.9 Å². The summed E-state index contributed by atoms with van der Waals surface area (Å²) in [6.07, 6.45) is 6.41. The Morgan fingerprint density at radius 1 is 1.27 bits per heavy atom. The fraction of sp³-hybridized carbons (Fsp3) is 0.571. The lowest BCUT2D eigenvalue weighted by Gasteiger charge is -2.10. The molecular formula is C14H20O. The normalized spacial score (nSPS) is 16.4. The van der Waals surface area contributed by atoms with Crippen LogP contribution < -0.4 is 0 Å². The molecule has 0 spiro atoms. The van der Waals surface area contributed by atoms with Gasteiger partial charge in [-0.15, -0.1) is 0 Å². The third kappa shape index (κ3) is 2.60. The van der Waals surface area contributed by atoms with Crippen LogP contribution in [0.2, 0.25) is 0 Å². The second-order valence-corrected chi connectivity index (χ2v) is 4.60. The summed E-state index contributed by atoms with van der Waals surface area (Å²) in [6, 6.07) is 6.72. The minimum atomic E-state index is -0.158. The van der Waals surface area contributed by atoms with E-state index >= 15 is 0 Å². The molecule has 1 aliphatic rings. The Labute approximate surface area is 92.1 Å². The summed E-state index contributed by atoms with van der Waals surface area (Å²) in [6.45, 7) is 2.12. The third-order valence-electron chi connectivity index (χ3n) is 3.26. The van der Waals surface area contributed by atoms with Gasteiger partial charge in [0, 0.05) is 0 Å². The van der Waals surface area contributed by atoms with E-state index in [1.807, 2.05) is 0 Å². The number of aryl methyl sites for hydroxylation is 2. The maximum atomic E-state index is 9.75. The molecule has 0 radical (unpaired) electrons. The molecule has 1 atom stereocenters. The van der Waals surface area contributed by atoms with Gasteiger partial charge in [-0.3, -0.25) is 0 Å². The molecule has 0 saturated carbocycles. The lowest BCUT2D eigenvalue weighted by molar-refractivity contribution is 0.164. The Morgan fingerprint density at radius 3 is 2.87 bits per heavy atom. The van der Waals surface area contributed by atoms with Gasteiger partial charge in [0.1, 0.15) is 0 Å². The highest BCUT2D eigenvalue weighted by Gasteiger charge is 2.12. The van der Waals surface area contributed by atoms with E-state index in [1.165, 1.54) is 36.0 Å². The standard InChI is InChI=1S/C14H20O/c1-2-4-14(15)10-11-7-8-12-5-3-6-13(12)9-11/h7-9,14-15H,2-6,10H2,1H3. The van der Waals surface area contributed by atoms with E-state index in [9.17, 15) is 5.11 Å². The lowest BCUT2D eigenvalue weighted by atomic mass is 10.0. The molecule has 0 fully saturated rings. The number of aliphatic hydroxyl groups excluding tert-OH is 1. The maximum Gasteiger partial charge on any atom is 0.0580 e. The average Bonchev–Trinajstić information content (AvgIpc) is 2.65. The van der Waals surface area contributed by atoms with Crippen molar-refractivity contribution in [3.05, 3.63) is 34.9 Å². The van der Waals surface area contributed by atoms with Crippen molar-refractivity contribution in [3.8, 4) is 0 Å².